The highest BCUT2D eigenvalue weighted by atomic mass is 79.9. The van der Waals surface area contributed by atoms with Gasteiger partial charge in [0.25, 0.3) is 0 Å². The first kappa shape index (κ1) is 15.1. The summed E-state index contributed by atoms with van der Waals surface area (Å²) in [6, 6.07) is 4.98. The molecule has 0 aliphatic carbocycles. The predicted molar refractivity (Wildman–Crippen MR) is 75.3 cm³/mol. The monoisotopic (exact) mass is 384 g/mol. The van der Waals surface area contributed by atoms with Gasteiger partial charge in [-0.15, -0.1) is 0 Å². The minimum atomic E-state index is -3.59. The molecule has 3 N–H and O–H groups in total. The van der Waals surface area contributed by atoms with Crippen LogP contribution in [0.25, 0.3) is 0 Å². The molecular formula is C10H14Br2N2O2S. The van der Waals surface area contributed by atoms with Crippen molar-refractivity contribution in [1.29, 1.82) is 0 Å². The Labute approximate surface area is 118 Å². The highest BCUT2D eigenvalue weighted by molar-refractivity contribution is 9.11. The van der Waals surface area contributed by atoms with Crippen LogP contribution in [0.4, 0.5) is 0 Å². The smallest absolute Gasteiger partial charge is 0.242 e. The summed E-state index contributed by atoms with van der Waals surface area (Å²) >= 11 is 6.47. The predicted octanol–water partition coefficient (Wildman–Crippen LogP) is 2.23. The number of nitrogens with one attached hydrogen (secondary N) is 1. The van der Waals surface area contributed by atoms with Crippen molar-refractivity contribution >= 4 is 41.9 Å². The Balaban J connectivity index is 3.18. The molecule has 0 radical (unpaired) electrons. The molecule has 0 unspecified atom stereocenters. The number of halogens is 2. The molecule has 0 saturated carbocycles. The number of rotatable bonds is 4. The van der Waals surface area contributed by atoms with E-state index in [4.69, 9.17) is 5.73 Å². The fourth-order valence-electron chi connectivity index (χ4n) is 1.14. The van der Waals surface area contributed by atoms with Crippen LogP contribution in [0, 0.1) is 0 Å². The maximum absolute atomic E-state index is 12.2. The third-order valence-electron chi connectivity index (χ3n) is 2.10. The quantitative estimate of drug-likeness (QED) is 0.834. The van der Waals surface area contributed by atoms with E-state index in [0.29, 0.717) is 8.95 Å². The highest BCUT2D eigenvalue weighted by Gasteiger charge is 2.26. The Morgan fingerprint density at radius 3 is 2.47 bits per heavy atom. The lowest BCUT2D eigenvalue weighted by molar-refractivity contribution is 0.462. The van der Waals surface area contributed by atoms with Crippen molar-refractivity contribution in [3.8, 4) is 0 Å². The van der Waals surface area contributed by atoms with Gasteiger partial charge >= 0.3 is 0 Å². The molecule has 0 aliphatic rings. The van der Waals surface area contributed by atoms with E-state index < -0.39 is 15.6 Å². The molecule has 0 saturated heterocycles. The van der Waals surface area contributed by atoms with Crippen molar-refractivity contribution in [3.05, 3.63) is 27.1 Å². The van der Waals surface area contributed by atoms with Gasteiger partial charge < -0.3 is 5.73 Å². The van der Waals surface area contributed by atoms with Gasteiger partial charge in [-0.3, -0.25) is 0 Å². The Bertz CT molecular complexity index is 515. The molecule has 0 bridgehead atoms. The lowest BCUT2D eigenvalue weighted by Gasteiger charge is -2.24. The van der Waals surface area contributed by atoms with Gasteiger partial charge in [-0.1, -0.05) is 15.9 Å². The van der Waals surface area contributed by atoms with Gasteiger partial charge in [-0.05, 0) is 48.0 Å². The molecule has 1 aromatic rings. The van der Waals surface area contributed by atoms with E-state index in [0.717, 1.165) is 0 Å². The topological polar surface area (TPSA) is 72.2 Å². The molecule has 96 valence electrons. The summed E-state index contributed by atoms with van der Waals surface area (Å²) < 4.78 is 28.1. The molecule has 4 nitrogen and oxygen atoms in total. The molecule has 0 amide bonds. The van der Waals surface area contributed by atoms with Crippen LogP contribution in [-0.2, 0) is 10.0 Å². The van der Waals surface area contributed by atoms with Crippen LogP contribution in [0.15, 0.2) is 32.0 Å². The molecule has 0 aromatic heterocycles. The van der Waals surface area contributed by atoms with E-state index in [1.807, 2.05) is 0 Å². The molecule has 1 rings (SSSR count). The third-order valence-corrected chi connectivity index (χ3v) is 5.29. The van der Waals surface area contributed by atoms with E-state index in [2.05, 4.69) is 36.6 Å². The summed E-state index contributed by atoms with van der Waals surface area (Å²) in [5.41, 5.74) is 4.83. The second-order valence-electron chi connectivity index (χ2n) is 4.27. The molecule has 1 aromatic carbocycles. The summed E-state index contributed by atoms with van der Waals surface area (Å²) in [5, 5.41) is 0. The summed E-state index contributed by atoms with van der Waals surface area (Å²) in [7, 11) is -3.59. The van der Waals surface area contributed by atoms with Crippen LogP contribution in [-0.4, -0.2) is 20.5 Å². The van der Waals surface area contributed by atoms with E-state index >= 15 is 0 Å². The first-order chi connectivity index (χ1) is 7.68. The van der Waals surface area contributed by atoms with Gasteiger partial charge in [0.2, 0.25) is 10.0 Å². The Morgan fingerprint density at radius 2 is 1.94 bits per heavy atom. The second kappa shape index (κ2) is 5.36. The van der Waals surface area contributed by atoms with Gasteiger partial charge in [0, 0.05) is 21.0 Å². The molecule has 0 spiro atoms. The minimum Gasteiger partial charge on any atom is -0.329 e. The lowest BCUT2D eigenvalue weighted by Crippen LogP contribution is -2.48. The van der Waals surface area contributed by atoms with Crippen LogP contribution < -0.4 is 10.5 Å². The van der Waals surface area contributed by atoms with Crippen molar-refractivity contribution in [2.75, 3.05) is 6.54 Å². The Kier molecular flexibility index (Phi) is 4.76. The summed E-state index contributed by atoms with van der Waals surface area (Å²) in [5.74, 6) is 0. The fourth-order valence-corrected chi connectivity index (χ4v) is 4.07. The van der Waals surface area contributed by atoms with E-state index in [1.54, 1.807) is 32.0 Å². The first-order valence-corrected chi connectivity index (χ1v) is 7.94. The van der Waals surface area contributed by atoms with Crippen LogP contribution >= 0.6 is 31.9 Å². The van der Waals surface area contributed by atoms with Crippen LogP contribution in [0.1, 0.15) is 13.8 Å². The average molecular weight is 386 g/mol. The van der Waals surface area contributed by atoms with Crippen molar-refractivity contribution in [3.63, 3.8) is 0 Å². The molecule has 7 heteroatoms. The molecule has 0 aliphatic heterocycles. The standard InChI is InChI=1S/C10H14Br2N2O2S/c1-10(2,6-13)14-17(15,16)9-5-7(11)3-4-8(9)12/h3-5,14H,6,13H2,1-2H3. The molecule has 0 fully saturated rings. The van der Waals surface area contributed by atoms with E-state index in [1.165, 1.54) is 0 Å². The molecule has 17 heavy (non-hydrogen) atoms. The minimum absolute atomic E-state index is 0.188. The normalized spacial score (nSPS) is 12.8. The zero-order valence-corrected chi connectivity index (χ0v) is 13.5. The largest absolute Gasteiger partial charge is 0.329 e. The van der Waals surface area contributed by atoms with Gasteiger partial charge in [0.15, 0.2) is 0 Å². The number of sulfonamides is 1. The summed E-state index contributed by atoms with van der Waals surface area (Å²) in [6.45, 7) is 3.69. The first-order valence-electron chi connectivity index (χ1n) is 4.87. The number of hydrogen-bond acceptors (Lipinski definition) is 3. The van der Waals surface area contributed by atoms with E-state index in [-0.39, 0.29) is 11.4 Å². The number of nitrogens with two attached hydrogens (primary N) is 1. The van der Waals surface area contributed by atoms with Gasteiger partial charge in [-0.2, -0.15) is 0 Å². The van der Waals surface area contributed by atoms with Crippen molar-refractivity contribution in [1.82, 2.24) is 4.72 Å². The van der Waals surface area contributed by atoms with Crippen LogP contribution in [0.2, 0.25) is 0 Å². The summed E-state index contributed by atoms with van der Waals surface area (Å²) in [4.78, 5) is 0.188. The van der Waals surface area contributed by atoms with E-state index in [9.17, 15) is 8.42 Å². The fraction of sp³-hybridized carbons (Fsp3) is 0.400. The van der Waals surface area contributed by atoms with Crippen molar-refractivity contribution in [2.24, 2.45) is 5.73 Å². The van der Waals surface area contributed by atoms with Gasteiger partial charge in [0.05, 0.1) is 4.90 Å². The average Bonchev–Trinajstić information content (AvgIpc) is 2.20. The summed E-state index contributed by atoms with van der Waals surface area (Å²) in [6.07, 6.45) is 0. The maximum atomic E-state index is 12.2. The maximum Gasteiger partial charge on any atom is 0.242 e. The zero-order chi connectivity index (χ0) is 13.3. The zero-order valence-electron chi connectivity index (χ0n) is 9.50. The van der Waals surface area contributed by atoms with Gasteiger partial charge in [0.1, 0.15) is 0 Å². The Morgan fingerprint density at radius 1 is 1.35 bits per heavy atom. The number of hydrogen-bond donors (Lipinski definition) is 2. The van der Waals surface area contributed by atoms with Gasteiger partial charge in [-0.25, -0.2) is 13.1 Å². The van der Waals surface area contributed by atoms with Crippen molar-refractivity contribution in [2.45, 2.75) is 24.3 Å². The third kappa shape index (κ3) is 4.03. The molecule has 0 atom stereocenters. The van der Waals surface area contributed by atoms with Crippen LogP contribution in [0.3, 0.4) is 0 Å². The Hall–Kier alpha value is 0.0500. The SMILES string of the molecule is CC(C)(CN)NS(=O)(=O)c1cc(Br)ccc1Br. The van der Waals surface area contributed by atoms with Crippen LogP contribution in [0.5, 0.6) is 0 Å². The molecular weight excluding hydrogens is 372 g/mol. The lowest BCUT2D eigenvalue weighted by atomic mass is 10.1. The molecule has 0 heterocycles. The number of benzene rings is 1. The highest BCUT2D eigenvalue weighted by Crippen LogP contribution is 2.26. The second-order valence-corrected chi connectivity index (χ2v) is 7.69. The van der Waals surface area contributed by atoms with Crippen molar-refractivity contribution < 1.29 is 8.42 Å².